The van der Waals surface area contributed by atoms with E-state index < -0.39 is 6.04 Å². The van der Waals surface area contributed by atoms with E-state index >= 15 is 0 Å². The summed E-state index contributed by atoms with van der Waals surface area (Å²) in [5.41, 5.74) is 5.17. The largest absolute Gasteiger partial charge is 0.493 e. The van der Waals surface area contributed by atoms with Gasteiger partial charge in [-0.2, -0.15) is 0 Å². The van der Waals surface area contributed by atoms with Crippen LogP contribution in [0.1, 0.15) is 45.1 Å². The first-order valence-corrected chi connectivity index (χ1v) is 11.4. The lowest BCUT2D eigenvalue weighted by molar-refractivity contribution is -0.117. The fourth-order valence-electron chi connectivity index (χ4n) is 4.49. The van der Waals surface area contributed by atoms with Crippen LogP contribution in [0.3, 0.4) is 0 Å². The molecule has 7 nitrogen and oxygen atoms in total. The van der Waals surface area contributed by atoms with Crippen LogP contribution in [0.25, 0.3) is 0 Å². The number of hydrogen-bond acceptors (Lipinski definition) is 5. The van der Waals surface area contributed by atoms with Crippen molar-refractivity contribution in [2.75, 3.05) is 26.6 Å². The van der Waals surface area contributed by atoms with Crippen molar-refractivity contribution in [1.29, 1.82) is 0 Å². The number of nitrogens with one attached hydrogen (secondary N) is 1. The van der Waals surface area contributed by atoms with Crippen LogP contribution >= 0.6 is 0 Å². The summed E-state index contributed by atoms with van der Waals surface area (Å²) < 4.78 is 16.5. The zero-order valence-corrected chi connectivity index (χ0v) is 20.7. The van der Waals surface area contributed by atoms with E-state index in [1.165, 1.54) is 7.11 Å². The van der Waals surface area contributed by atoms with Gasteiger partial charge in [0.15, 0.2) is 11.5 Å². The van der Waals surface area contributed by atoms with Crippen LogP contribution in [-0.4, -0.2) is 38.0 Å². The maximum Gasteiger partial charge on any atom is 0.255 e. The Morgan fingerprint density at radius 2 is 1.66 bits per heavy atom. The van der Waals surface area contributed by atoms with Gasteiger partial charge in [-0.15, -0.1) is 0 Å². The Morgan fingerprint density at radius 1 is 0.971 bits per heavy atom. The number of benzene rings is 3. The molecule has 0 saturated heterocycles. The second kappa shape index (κ2) is 10.1. The Balaban J connectivity index is 1.73. The predicted octanol–water partition coefficient (Wildman–Crippen LogP) is 5.06. The summed E-state index contributed by atoms with van der Waals surface area (Å²) in [6, 6.07) is 16.4. The molecule has 0 aromatic heterocycles. The summed E-state index contributed by atoms with van der Waals surface area (Å²) in [7, 11) is 4.62. The van der Waals surface area contributed by atoms with Gasteiger partial charge in [0.05, 0.1) is 33.8 Å². The highest BCUT2D eigenvalue weighted by Crippen LogP contribution is 2.43. The maximum absolute atomic E-state index is 13.4. The number of nitrogens with zero attached hydrogens (tertiary/aromatic N) is 1. The molecular weight excluding hydrogens is 444 g/mol. The molecule has 1 atom stereocenters. The highest BCUT2D eigenvalue weighted by molar-refractivity contribution is 5.99. The first kappa shape index (κ1) is 24.1. The number of rotatable bonds is 8. The Bertz CT molecular complexity index is 1240. The number of ether oxygens (including phenoxy) is 3. The quantitative estimate of drug-likeness (QED) is 0.494. The van der Waals surface area contributed by atoms with Crippen LogP contribution in [0.2, 0.25) is 0 Å². The molecule has 1 aliphatic rings. The summed E-state index contributed by atoms with van der Waals surface area (Å²) in [6.45, 7) is 4.39. The van der Waals surface area contributed by atoms with E-state index in [1.54, 1.807) is 31.3 Å². The van der Waals surface area contributed by atoms with Gasteiger partial charge in [-0.25, -0.2) is 0 Å². The molecule has 35 heavy (non-hydrogen) atoms. The van der Waals surface area contributed by atoms with Crippen LogP contribution in [0.5, 0.6) is 17.2 Å². The SMILES string of the molecule is COc1cc([C@@H](CC(=O)Nc2cccc(C)c2C)N2Cc3ccccc3C2=O)cc(OC)c1OC. The first-order chi connectivity index (χ1) is 16.9. The highest BCUT2D eigenvalue weighted by atomic mass is 16.5. The van der Waals surface area contributed by atoms with E-state index in [4.69, 9.17) is 14.2 Å². The van der Waals surface area contributed by atoms with Crippen LogP contribution in [0.15, 0.2) is 54.6 Å². The lowest BCUT2D eigenvalue weighted by Gasteiger charge is -2.29. The fourth-order valence-corrected chi connectivity index (χ4v) is 4.49. The lowest BCUT2D eigenvalue weighted by Crippen LogP contribution is -2.32. The van der Waals surface area contributed by atoms with Crippen molar-refractivity contribution in [1.82, 2.24) is 4.90 Å². The van der Waals surface area contributed by atoms with Crippen molar-refractivity contribution in [2.24, 2.45) is 0 Å². The van der Waals surface area contributed by atoms with Crippen molar-refractivity contribution in [3.8, 4) is 17.2 Å². The second-order valence-corrected chi connectivity index (χ2v) is 8.56. The topological polar surface area (TPSA) is 77.1 Å². The third-order valence-corrected chi connectivity index (χ3v) is 6.55. The monoisotopic (exact) mass is 474 g/mol. The molecule has 0 saturated carbocycles. The Hall–Kier alpha value is -4.00. The lowest BCUT2D eigenvalue weighted by atomic mass is 9.99. The van der Waals surface area contributed by atoms with Gasteiger partial charge in [-0.3, -0.25) is 9.59 Å². The number of methoxy groups -OCH3 is 3. The zero-order valence-electron chi connectivity index (χ0n) is 20.7. The highest BCUT2D eigenvalue weighted by Gasteiger charge is 2.35. The second-order valence-electron chi connectivity index (χ2n) is 8.56. The molecular formula is C28H30N2O5. The molecule has 7 heteroatoms. The predicted molar refractivity (Wildman–Crippen MR) is 134 cm³/mol. The molecule has 0 bridgehead atoms. The minimum Gasteiger partial charge on any atom is -0.493 e. The molecule has 0 spiro atoms. The molecule has 3 aromatic rings. The molecule has 0 radical (unpaired) electrons. The molecule has 182 valence electrons. The number of anilines is 1. The molecule has 0 aliphatic carbocycles. The molecule has 0 unspecified atom stereocenters. The van der Waals surface area contributed by atoms with Gasteiger partial charge in [0.1, 0.15) is 0 Å². The van der Waals surface area contributed by atoms with Gasteiger partial charge in [0.25, 0.3) is 5.91 Å². The summed E-state index contributed by atoms with van der Waals surface area (Å²) in [5, 5.41) is 3.03. The zero-order chi connectivity index (χ0) is 25.1. The van der Waals surface area contributed by atoms with Gasteiger partial charge in [0, 0.05) is 17.8 Å². The summed E-state index contributed by atoms with van der Waals surface area (Å²) in [4.78, 5) is 28.4. The van der Waals surface area contributed by atoms with Gasteiger partial charge < -0.3 is 24.4 Å². The van der Waals surface area contributed by atoms with Crippen LogP contribution in [0, 0.1) is 13.8 Å². The maximum atomic E-state index is 13.4. The van der Waals surface area contributed by atoms with Gasteiger partial charge >= 0.3 is 0 Å². The number of hydrogen-bond donors (Lipinski definition) is 1. The van der Waals surface area contributed by atoms with Crippen molar-refractivity contribution >= 4 is 17.5 Å². The van der Waals surface area contributed by atoms with E-state index in [0.29, 0.717) is 29.4 Å². The normalized spacial score (nSPS) is 13.3. The Morgan fingerprint density at radius 3 is 2.29 bits per heavy atom. The summed E-state index contributed by atoms with van der Waals surface area (Å²) >= 11 is 0. The van der Waals surface area contributed by atoms with Gasteiger partial charge in [-0.05, 0) is 60.4 Å². The molecule has 2 amide bonds. The molecule has 1 heterocycles. The molecule has 3 aromatic carbocycles. The number of aryl methyl sites for hydroxylation is 1. The molecule has 4 rings (SSSR count). The fraction of sp³-hybridized carbons (Fsp3) is 0.286. The van der Waals surface area contributed by atoms with E-state index in [-0.39, 0.29) is 18.2 Å². The number of amides is 2. The standard InChI is InChI=1S/C28H30N2O5/c1-17-9-8-12-22(18(17)2)29-26(31)15-23(30-16-19-10-6-7-11-21(19)28(30)32)20-13-24(33-3)27(35-5)25(14-20)34-4/h6-14,23H,15-16H2,1-5H3,(H,29,31)/t23-/m1/s1. The number of carbonyl (C=O) groups excluding carboxylic acids is 2. The smallest absolute Gasteiger partial charge is 0.255 e. The van der Waals surface area contributed by atoms with Crippen molar-refractivity contribution in [2.45, 2.75) is 32.9 Å². The third-order valence-electron chi connectivity index (χ3n) is 6.55. The Labute approximate surface area is 205 Å². The average molecular weight is 475 g/mol. The van der Waals surface area contributed by atoms with E-state index in [1.807, 2.05) is 56.3 Å². The third kappa shape index (κ3) is 4.67. The first-order valence-electron chi connectivity index (χ1n) is 11.4. The minimum absolute atomic E-state index is 0.0613. The van der Waals surface area contributed by atoms with E-state index in [2.05, 4.69) is 5.32 Å². The van der Waals surface area contributed by atoms with Crippen LogP contribution in [-0.2, 0) is 11.3 Å². The number of carbonyl (C=O) groups is 2. The van der Waals surface area contributed by atoms with Gasteiger partial charge in [-0.1, -0.05) is 30.3 Å². The average Bonchev–Trinajstić information content (AvgIpc) is 3.20. The Kier molecular flexibility index (Phi) is 6.96. The van der Waals surface area contributed by atoms with Crippen LogP contribution < -0.4 is 19.5 Å². The van der Waals surface area contributed by atoms with Crippen molar-refractivity contribution < 1.29 is 23.8 Å². The van der Waals surface area contributed by atoms with E-state index in [9.17, 15) is 9.59 Å². The van der Waals surface area contributed by atoms with E-state index in [0.717, 1.165) is 27.9 Å². The number of fused-ring (bicyclic) bond motifs is 1. The minimum atomic E-state index is -0.547. The molecule has 1 N–H and O–H groups in total. The molecule has 0 fully saturated rings. The summed E-state index contributed by atoms with van der Waals surface area (Å²) in [5.74, 6) is 1.07. The molecule has 1 aliphatic heterocycles. The summed E-state index contributed by atoms with van der Waals surface area (Å²) in [6.07, 6.45) is 0.0613. The van der Waals surface area contributed by atoms with Crippen LogP contribution in [0.4, 0.5) is 5.69 Å². The van der Waals surface area contributed by atoms with Crippen molar-refractivity contribution in [3.05, 3.63) is 82.4 Å². The van der Waals surface area contributed by atoms with Crippen molar-refractivity contribution in [3.63, 3.8) is 0 Å². The van der Waals surface area contributed by atoms with Gasteiger partial charge in [0.2, 0.25) is 11.7 Å².